The topological polar surface area (TPSA) is 402 Å². The molecule has 8 fully saturated rings. The molecule has 8 aromatic heterocycles. The van der Waals surface area contributed by atoms with E-state index in [-0.39, 0.29) is 60.3 Å². The Hall–Kier alpha value is -13.2. The largest absolute Gasteiger partial charge is 0.488 e. The van der Waals surface area contributed by atoms with Crippen LogP contribution in [-0.2, 0) is 18.9 Å². The first-order chi connectivity index (χ1) is 62.4. The summed E-state index contributed by atoms with van der Waals surface area (Å²) in [6.45, 7) is 12.5. The van der Waals surface area contributed by atoms with Gasteiger partial charge in [-0.2, -0.15) is 34.2 Å². The molecule has 0 radical (unpaired) electrons. The molecule has 12 heterocycles. The van der Waals surface area contributed by atoms with Crippen LogP contribution in [0.15, 0.2) is 147 Å². The summed E-state index contributed by atoms with van der Waals surface area (Å²) in [5.74, 6) is 1.69. The van der Waals surface area contributed by atoms with Crippen LogP contribution in [0.25, 0.3) is 44.1 Å². The molecule has 4 aliphatic carbocycles. The fraction of sp³-hybridized carbons (Fsp3) is 0.444. The molecule has 5 N–H and O–H groups in total. The van der Waals surface area contributed by atoms with Crippen molar-refractivity contribution in [2.75, 3.05) is 135 Å². The number of H-pyrrole nitrogens is 1. The van der Waals surface area contributed by atoms with E-state index in [2.05, 4.69) is 157 Å². The van der Waals surface area contributed by atoms with Gasteiger partial charge in [0, 0.05) is 192 Å². The molecule has 37 heteroatoms. The van der Waals surface area contributed by atoms with E-state index >= 15 is 0 Å². The Morgan fingerprint density at radius 1 is 0.402 bits per heavy atom. The van der Waals surface area contributed by atoms with Crippen LogP contribution in [0.4, 0.5) is 43.3 Å². The highest BCUT2D eigenvalue weighted by Gasteiger charge is 2.32. The molecule has 0 unspecified atom stereocenters. The lowest BCUT2D eigenvalue weighted by Crippen LogP contribution is -2.40. The van der Waals surface area contributed by atoms with Crippen LogP contribution in [0.5, 0.6) is 23.0 Å². The molecule has 0 atom stereocenters. The number of amides is 2. The number of nitrogens with one attached hydrogen (secondary N) is 5. The van der Waals surface area contributed by atoms with Crippen molar-refractivity contribution in [1.82, 2.24) is 90.8 Å². The van der Waals surface area contributed by atoms with E-state index in [0.29, 0.717) is 48.2 Å². The molecule has 127 heavy (non-hydrogen) atoms. The predicted molar refractivity (Wildman–Crippen MR) is 468 cm³/mol. The monoisotopic (exact) mass is 1730 g/mol. The summed E-state index contributed by atoms with van der Waals surface area (Å²) in [6, 6.07) is 24.9. The zero-order valence-corrected chi connectivity index (χ0v) is 70.4. The van der Waals surface area contributed by atoms with Gasteiger partial charge >= 0.3 is 0 Å². The minimum atomic E-state index is -0.884. The lowest BCUT2D eigenvalue weighted by atomic mass is 9.92. The van der Waals surface area contributed by atoms with E-state index in [0.717, 1.165) is 285 Å². The first kappa shape index (κ1) is 86.0. The quantitative estimate of drug-likeness (QED) is 0.0442. The number of carbonyl (C=O) groups is 2. The van der Waals surface area contributed by atoms with Crippen LogP contribution in [0.3, 0.4) is 0 Å². The van der Waals surface area contributed by atoms with E-state index in [4.69, 9.17) is 43.2 Å². The summed E-state index contributed by atoms with van der Waals surface area (Å²) in [5.41, 5.74) is 11.9. The van der Waals surface area contributed by atoms with Gasteiger partial charge in [-0.25, -0.2) is 29.9 Å². The Kier molecular flexibility index (Phi) is 28.6. The smallest absolute Gasteiger partial charge is 0.272 e. The third kappa shape index (κ3) is 22.9. The number of aromatic nitrogens is 16. The second-order valence-electron chi connectivity index (χ2n) is 32.3. The Morgan fingerprint density at radius 2 is 0.764 bits per heavy atom. The lowest BCUT2D eigenvalue weighted by Gasteiger charge is -2.31. The van der Waals surface area contributed by atoms with Gasteiger partial charge in [0.2, 0.25) is 17.8 Å². The van der Waals surface area contributed by atoms with Crippen LogP contribution in [0.1, 0.15) is 129 Å². The molecule has 12 aromatic rings. The number of rotatable bonds is 20. The summed E-state index contributed by atoms with van der Waals surface area (Å²) < 4.78 is 74.3. The molecule has 660 valence electrons. The van der Waals surface area contributed by atoms with Crippen molar-refractivity contribution in [2.45, 2.75) is 151 Å². The van der Waals surface area contributed by atoms with Crippen LogP contribution in [0, 0.1) is 23.2 Å². The molecule has 35 nitrogen and oxygen atoms in total. The predicted octanol–water partition coefficient (Wildman–Crippen LogP) is 11.0. The second-order valence-corrected chi connectivity index (χ2v) is 32.3. The maximum absolute atomic E-state index is 13.3. The van der Waals surface area contributed by atoms with Gasteiger partial charge in [0.1, 0.15) is 62.6 Å². The summed E-state index contributed by atoms with van der Waals surface area (Å²) in [5, 5.41) is 35.6. The highest BCUT2D eigenvalue weighted by atomic mass is 19.1. The summed E-state index contributed by atoms with van der Waals surface area (Å²) in [6.07, 6.45) is 34.0. The van der Waals surface area contributed by atoms with E-state index < -0.39 is 11.9 Å². The number of nitrogens with zero attached hydrogens (tertiary/aromatic N) is 20. The molecular weight excluding hydrogens is 1630 g/mol. The molecule has 20 rings (SSSR count). The van der Waals surface area contributed by atoms with Crippen molar-refractivity contribution in [1.29, 1.82) is 5.26 Å². The van der Waals surface area contributed by atoms with Crippen molar-refractivity contribution >= 4 is 90.5 Å². The molecule has 4 aromatic carbocycles. The summed E-state index contributed by atoms with van der Waals surface area (Å²) in [4.78, 5) is 85.4. The molecule has 0 bridgehead atoms. The molecule has 8 aliphatic rings. The zero-order valence-electron chi connectivity index (χ0n) is 70.4. The number of hydrogen-bond donors (Lipinski definition) is 5. The number of carbonyl (C=O) groups excluding carboxylic acids is 2. The van der Waals surface area contributed by atoms with E-state index in [1.165, 1.54) is 6.20 Å². The number of nitriles is 1. The minimum Gasteiger partial charge on any atom is -0.488 e. The number of halogens is 2. The summed E-state index contributed by atoms with van der Waals surface area (Å²) >= 11 is 0. The highest BCUT2D eigenvalue weighted by Crippen LogP contribution is 2.39. The normalized spacial score (nSPS) is 21.4. The third-order valence-electron chi connectivity index (χ3n) is 23.8. The van der Waals surface area contributed by atoms with Gasteiger partial charge in [-0.05, 0) is 145 Å². The van der Waals surface area contributed by atoms with Gasteiger partial charge in [-0.3, -0.25) is 34.6 Å². The number of ether oxygens (including phenoxy) is 8. The number of morpholine rings is 4. The SMILES string of the molecule is Fc1cc(F)nc(NC2CCC(Oc3cc(N4CCOCC4)cc4nccnc34)CC2)n1.N#Cc1cnc(NC2CCC(Oc3cc(N4CCOCC4)cc4nccnc34)CC2)cn1.O=C(NC1CCC(Oc2cc(N3CCOCC3)cc3nccnc23)CC1)c1cccnn1.O=C(NC1CCC(Oc2cc(N3CCOCC3)cc3nccnc23)CC1)c1ccn[nH]1. The molecule has 4 saturated heterocycles. The number of benzene rings is 4. The maximum Gasteiger partial charge on any atom is 0.272 e. The van der Waals surface area contributed by atoms with Crippen molar-refractivity contribution < 1.29 is 56.3 Å². The Morgan fingerprint density at radius 3 is 1.10 bits per heavy atom. The van der Waals surface area contributed by atoms with Crippen LogP contribution in [-0.4, -0.2) is 246 Å². The van der Waals surface area contributed by atoms with Crippen molar-refractivity contribution in [3.63, 3.8) is 0 Å². The van der Waals surface area contributed by atoms with Gasteiger partial charge in [-0.15, -0.1) is 5.10 Å². The Labute approximate surface area is 731 Å². The second kappa shape index (κ2) is 42.2. The zero-order chi connectivity index (χ0) is 86.5. The number of anilines is 6. The van der Waals surface area contributed by atoms with Crippen molar-refractivity contribution in [2.24, 2.45) is 0 Å². The van der Waals surface area contributed by atoms with Gasteiger partial charge in [0.05, 0.1) is 112 Å². The molecule has 2 amide bonds. The number of hydrogen-bond acceptors (Lipinski definition) is 32. The Balaban J connectivity index is 0.000000119. The molecule has 4 saturated carbocycles. The van der Waals surface area contributed by atoms with E-state index in [1.807, 2.05) is 18.2 Å². The van der Waals surface area contributed by atoms with Gasteiger partial charge in [-0.1, -0.05) is 0 Å². The average Bonchev–Trinajstić information content (AvgIpc) is 1.45. The Bertz CT molecular complexity index is 5650. The maximum atomic E-state index is 13.3. The molecular formula is C90H101F2N25O10. The lowest BCUT2D eigenvalue weighted by molar-refractivity contribution is 0.0883. The average molecular weight is 1730 g/mol. The molecule has 0 spiro atoms. The van der Waals surface area contributed by atoms with E-state index in [1.54, 1.807) is 86.4 Å². The van der Waals surface area contributed by atoms with Gasteiger partial charge < -0.3 is 78.8 Å². The van der Waals surface area contributed by atoms with Crippen LogP contribution >= 0.6 is 0 Å². The highest BCUT2D eigenvalue weighted by molar-refractivity contribution is 5.93. The van der Waals surface area contributed by atoms with Crippen molar-refractivity contribution in [3.05, 3.63) is 176 Å². The van der Waals surface area contributed by atoms with Crippen LogP contribution < -0.4 is 59.8 Å². The molecule has 4 aliphatic heterocycles. The van der Waals surface area contributed by atoms with Gasteiger partial charge in [0.15, 0.2) is 11.4 Å². The third-order valence-corrected chi connectivity index (χ3v) is 23.8. The number of aromatic amines is 1. The first-order valence-electron chi connectivity index (χ1n) is 43.7. The minimum absolute atomic E-state index is 0.0170. The van der Waals surface area contributed by atoms with Gasteiger partial charge in [0.25, 0.3) is 11.8 Å². The van der Waals surface area contributed by atoms with Crippen molar-refractivity contribution in [3.8, 4) is 29.1 Å². The van der Waals surface area contributed by atoms with Crippen LogP contribution in [0.2, 0.25) is 0 Å². The number of fused-ring (bicyclic) bond motifs is 4. The standard InChI is InChI=1S/C23H25N7O2.C23H26N6O3.C22H24F2N6O2.C22H26N6O3/c24-13-17-14-28-22(15-27-17)29-16-1-3-19(4-2-16)32-21-12-18(30-7-9-31-10-8-30)11-20-23(21)26-6-5-25-20;30-23(19-2-1-7-26-28-19)27-16-3-5-18(6-4-16)32-21-15-17(29-10-12-31-13-11-29)14-20-22(21)25-9-8-24-20;23-19-13-20(24)29-22(28-19)27-14-1-3-16(4-2-14)32-18-12-15(30-7-9-31-10-8-30)11-17-21(18)26-6-5-25-17;29-22(18-5-6-25-27-18)26-15-1-3-17(4-2-15)31-20-14-16(28-9-11-30-12-10-28)13-19-21(20)24-8-7-23-19/h5-6,11-12,14-16,19H,1-4,7-10H2,(H,28,29);1-2,7-9,14-16,18H,3-6,10-13H2,(H,27,30);5-6,11-14,16H,1-4,7-10H2,(H,27,28,29);5-8,13-15,17H,1-4,9-12H2,(H,25,27)(H,26,29). The summed E-state index contributed by atoms with van der Waals surface area (Å²) in [7, 11) is 0. The van der Waals surface area contributed by atoms with E-state index in [9.17, 15) is 18.4 Å². The fourth-order valence-electron chi connectivity index (χ4n) is 17.1. The fourth-order valence-corrected chi connectivity index (χ4v) is 17.1. The first-order valence-corrected chi connectivity index (χ1v) is 43.7.